The Bertz CT molecular complexity index is 1260. The summed E-state index contributed by atoms with van der Waals surface area (Å²) in [5, 5.41) is 14.4. The second kappa shape index (κ2) is 23.2. The van der Waals surface area contributed by atoms with Crippen molar-refractivity contribution in [2.75, 3.05) is 18.1 Å². The SMILES string of the molecule is CCCCCC(=O)N(NC(=O)CCCC[C@@H]1SC[C@@H]2NC(=O)N[C@@H]21)N(NC(=O)C(CCCCCN)CCC[C@@H]1SC[C@@H]2NC(=O)N[C@@H]21)C(=O)CCCCC. The zero-order valence-corrected chi connectivity index (χ0v) is 34.0. The minimum absolute atomic E-state index is 0.0766. The van der Waals surface area contributed by atoms with Crippen LogP contribution in [0.25, 0.3) is 0 Å². The van der Waals surface area contributed by atoms with Crippen LogP contribution in [0.1, 0.15) is 136 Å². The van der Waals surface area contributed by atoms with Crippen molar-refractivity contribution in [3.05, 3.63) is 0 Å². The Hall–Kier alpha value is -2.92. The van der Waals surface area contributed by atoms with Gasteiger partial charge in [0.2, 0.25) is 11.8 Å². The standard InChI is InChI=1S/C37H65N9O6S2/c1-3-5-8-20-31(48)45(43-30(47)19-12-11-17-28-33-26(23-53-28)39-36(51)41-33)46(32(49)21-9-6-4-2)44-35(50)25(15-10-7-13-22-38)16-14-18-29-34-27(24-54-29)40-37(52)42-34/h25-29,33-34H,3-24,38H2,1-2H3,(H,43,47)(H,44,50)(H2,39,41,51)(H2,40,42,52)/t25?,26-,27-,28-,29-,33-,34-/m0/s1. The molecular formula is C37H65N9O6S2. The van der Waals surface area contributed by atoms with E-state index in [2.05, 4.69) is 32.1 Å². The Morgan fingerprint density at radius 1 is 0.667 bits per heavy atom. The van der Waals surface area contributed by atoms with Crippen LogP contribution in [0.15, 0.2) is 0 Å². The Balaban J connectivity index is 1.41. The van der Waals surface area contributed by atoms with Gasteiger partial charge >= 0.3 is 12.1 Å². The monoisotopic (exact) mass is 795 g/mol. The topological polar surface area (TPSA) is 207 Å². The minimum Gasteiger partial charge on any atom is -0.332 e. The summed E-state index contributed by atoms with van der Waals surface area (Å²) in [4.78, 5) is 78.8. The first-order valence-electron chi connectivity index (χ1n) is 20.5. The van der Waals surface area contributed by atoms with Crippen LogP contribution in [0.5, 0.6) is 0 Å². The molecule has 0 saturated carbocycles. The number of hydrogen-bond donors (Lipinski definition) is 7. The highest BCUT2D eigenvalue weighted by molar-refractivity contribution is 8.00. The third kappa shape index (κ3) is 13.4. The van der Waals surface area contributed by atoms with Crippen molar-refractivity contribution in [3.8, 4) is 0 Å². The fourth-order valence-electron chi connectivity index (χ4n) is 7.68. The maximum atomic E-state index is 14.1. The number of carbonyl (C=O) groups is 6. The zero-order valence-electron chi connectivity index (χ0n) is 32.3. The van der Waals surface area contributed by atoms with Crippen LogP contribution in [0.4, 0.5) is 9.59 Å². The molecule has 0 spiro atoms. The lowest BCUT2D eigenvalue weighted by Crippen LogP contribution is -2.64. The number of hydrazine groups is 3. The molecule has 7 atom stereocenters. The number of amides is 8. The summed E-state index contributed by atoms with van der Waals surface area (Å²) in [5.74, 6) is -0.388. The molecule has 8 amide bonds. The molecular weight excluding hydrogens is 731 g/mol. The number of thioether (sulfide) groups is 2. The Kier molecular flexibility index (Phi) is 18.8. The van der Waals surface area contributed by atoms with E-state index in [9.17, 15) is 28.8 Å². The van der Waals surface area contributed by atoms with E-state index in [1.54, 1.807) is 0 Å². The number of rotatable bonds is 23. The summed E-state index contributed by atoms with van der Waals surface area (Å²) in [6.45, 7) is 4.64. The first kappa shape index (κ1) is 43.8. The van der Waals surface area contributed by atoms with Crippen molar-refractivity contribution in [2.45, 2.75) is 171 Å². The van der Waals surface area contributed by atoms with Crippen LogP contribution < -0.4 is 37.9 Å². The van der Waals surface area contributed by atoms with Crippen LogP contribution >= 0.6 is 23.5 Å². The van der Waals surface area contributed by atoms with Crippen molar-refractivity contribution in [1.82, 2.24) is 42.4 Å². The number of nitrogens with two attached hydrogens (primary N) is 1. The van der Waals surface area contributed by atoms with Crippen molar-refractivity contribution in [3.63, 3.8) is 0 Å². The fraction of sp³-hybridized carbons (Fsp3) is 0.838. The van der Waals surface area contributed by atoms with E-state index in [1.807, 2.05) is 37.4 Å². The molecule has 0 aliphatic carbocycles. The molecule has 4 aliphatic heterocycles. The first-order valence-corrected chi connectivity index (χ1v) is 22.6. The van der Waals surface area contributed by atoms with Gasteiger partial charge in [-0.2, -0.15) is 23.5 Å². The van der Waals surface area contributed by atoms with Crippen LogP contribution in [0, 0.1) is 5.92 Å². The molecule has 0 aromatic carbocycles. The number of carbonyl (C=O) groups excluding carboxylic acids is 6. The number of hydrogen-bond acceptors (Lipinski definition) is 9. The van der Waals surface area contributed by atoms with Gasteiger partial charge in [0, 0.05) is 47.2 Å². The lowest BCUT2D eigenvalue weighted by Gasteiger charge is -2.35. The van der Waals surface area contributed by atoms with E-state index >= 15 is 0 Å². The third-order valence-corrected chi connectivity index (χ3v) is 13.8. The van der Waals surface area contributed by atoms with Gasteiger partial charge in [-0.25, -0.2) is 20.4 Å². The highest BCUT2D eigenvalue weighted by atomic mass is 32.2. The Morgan fingerprint density at radius 3 is 1.74 bits per heavy atom. The fourth-order valence-corrected chi connectivity index (χ4v) is 10.8. The third-order valence-electron chi connectivity index (χ3n) is 10.8. The maximum Gasteiger partial charge on any atom is 0.315 e. The van der Waals surface area contributed by atoms with E-state index in [-0.39, 0.29) is 71.9 Å². The number of unbranched alkanes of at least 4 members (excludes halogenated alkanes) is 7. The van der Waals surface area contributed by atoms with E-state index in [1.165, 1.54) is 0 Å². The molecule has 4 saturated heterocycles. The summed E-state index contributed by atoms with van der Waals surface area (Å²) in [6.07, 6.45) is 12.4. The number of nitrogens with zero attached hydrogens (tertiary/aromatic N) is 2. The van der Waals surface area contributed by atoms with Crippen LogP contribution in [-0.2, 0) is 19.2 Å². The average molecular weight is 796 g/mol. The van der Waals surface area contributed by atoms with Gasteiger partial charge in [-0.15, -0.1) is 10.2 Å². The number of urea groups is 2. The van der Waals surface area contributed by atoms with Gasteiger partial charge in [0.25, 0.3) is 11.8 Å². The predicted molar refractivity (Wildman–Crippen MR) is 213 cm³/mol. The minimum atomic E-state index is -0.460. The summed E-state index contributed by atoms with van der Waals surface area (Å²) in [5.41, 5.74) is 11.3. The molecule has 54 heavy (non-hydrogen) atoms. The summed E-state index contributed by atoms with van der Waals surface area (Å²) >= 11 is 3.66. The molecule has 4 heterocycles. The summed E-state index contributed by atoms with van der Waals surface area (Å²) in [7, 11) is 0. The second-order valence-corrected chi connectivity index (χ2v) is 17.6. The predicted octanol–water partition coefficient (Wildman–Crippen LogP) is 3.98. The Labute approximate surface area is 329 Å². The average Bonchev–Trinajstić information content (AvgIpc) is 3.91. The van der Waals surface area contributed by atoms with Crippen molar-refractivity contribution < 1.29 is 28.8 Å². The lowest BCUT2D eigenvalue weighted by molar-refractivity contribution is -0.186. The Morgan fingerprint density at radius 2 is 1.19 bits per heavy atom. The number of nitrogens with one attached hydrogen (secondary N) is 6. The van der Waals surface area contributed by atoms with E-state index in [0.29, 0.717) is 38.6 Å². The highest BCUT2D eigenvalue weighted by Gasteiger charge is 2.44. The van der Waals surface area contributed by atoms with Gasteiger partial charge in [0.1, 0.15) is 0 Å². The zero-order chi connectivity index (χ0) is 38.9. The van der Waals surface area contributed by atoms with Gasteiger partial charge in [-0.1, -0.05) is 65.2 Å². The maximum absolute atomic E-state index is 14.1. The molecule has 1 unspecified atom stereocenters. The lowest BCUT2D eigenvalue weighted by atomic mass is 9.93. The molecule has 0 radical (unpaired) electrons. The molecule has 4 fully saturated rings. The van der Waals surface area contributed by atoms with Crippen LogP contribution in [-0.4, -0.2) is 98.6 Å². The highest BCUT2D eigenvalue weighted by Crippen LogP contribution is 2.34. The summed E-state index contributed by atoms with van der Waals surface area (Å²) in [6, 6.07) is 0.172. The van der Waals surface area contributed by atoms with Gasteiger partial charge < -0.3 is 27.0 Å². The van der Waals surface area contributed by atoms with E-state index < -0.39 is 23.6 Å². The van der Waals surface area contributed by atoms with Gasteiger partial charge in [0.05, 0.1) is 24.2 Å². The normalized spacial score (nSPS) is 24.4. The van der Waals surface area contributed by atoms with E-state index in [4.69, 9.17) is 5.73 Å². The van der Waals surface area contributed by atoms with Crippen LogP contribution in [0.3, 0.4) is 0 Å². The molecule has 306 valence electrons. The molecule has 17 heteroatoms. The quantitative estimate of drug-likeness (QED) is 0.0453. The molecule has 0 bridgehead atoms. The number of fused-ring (bicyclic) bond motifs is 2. The molecule has 4 rings (SSSR count). The smallest absolute Gasteiger partial charge is 0.315 e. The largest absolute Gasteiger partial charge is 0.332 e. The molecule has 15 nitrogen and oxygen atoms in total. The van der Waals surface area contributed by atoms with Gasteiger partial charge in [-0.05, 0) is 57.9 Å². The van der Waals surface area contributed by atoms with Crippen molar-refractivity contribution >= 4 is 59.2 Å². The first-order chi connectivity index (χ1) is 26.1. The second-order valence-electron chi connectivity index (χ2n) is 15.1. The van der Waals surface area contributed by atoms with E-state index in [0.717, 1.165) is 92.4 Å². The van der Waals surface area contributed by atoms with Crippen molar-refractivity contribution in [1.29, 1.82) is 0 Å². The molecule has 0 aromatic rings. The molecule has 8 N–H and O–H groups in total. The van der Waals surface area contributed by atoms with Gasteiger partial charge in [0.15, 0.2) is 0 Å². The van der Waals surface area contributed by atoms with Crippen LogP contribution in [0.2, 0.25) is 0 Å². The summed E-state index contributed by atoms with van der Waals surface area (Å²) < 4.78 is 0. The molecule has 4 aliphatic rings. The van der Waals surface area contributed by atoms with Crippen molar-refractivity contribution in [2.24, 2.45) is 11.7 Å². The molecule has 0 aromatic heterocycles. The van der Waals surface area contributed by atoms with Gasteiger partial charge in [-0.3, -0.25) is 19.2 Å².